The summed E-state index contributed by atoms with van der Waals surface area (Å²) in [7, 11) is 0. The first-order chi connectivity index (χ1) is 7.92. The molecule has 86 valence electrons. The number of hydrogen-bond acceptors (Lipinski definition) is 4. The van der Waals surface area contributed by atoms with E-state index in [0.717, 1.165) is 42.7 Å². The van der Waals surface area contributed by atoms with Gasteiger partial charge in [-0.05, 0) is 12.1 Å². The topological polar surface area (TPSA) is 42.5 Å². The van der Waals surface area contributed by atoms with Crippen LogP contribution in [0.3, 0.4) is 0 Å². The van der Waals surface area contributed by atoms with Gasteiger partial charge in [0.05, 0.1) is 0 Å². The molecule has 4 nitrogen and oxygen atoms in total. The Morgan fingerprint density at radius 3 is 2.75 bits per heavy atom. The van der Waals surface area contributed by atoms with Crippen molar-refractivity contribution >= 4 is 5.69 Å². The van der Waals surface area contributed by atoms with Crippen molar-refractivity contribution in [1.82, 2.24) is 5.32 Å². The fourth-order valence-corrected chi connectivity index (χ4v) is 1.91. The van der Waals surface area contributed by atoms with E-state index in [1.54, 1.807) is 0 Å². The van der Waals surface area contributed by atoms with Crippen LogP contribution in [0.2, 0.25) is 0 Å². The van der Waals surface area contributed by atoms with Crippen molar-refractivity contribution in [3.63, 3.8) is 0 Å². The number of rotatable bonds is 3. The van der Waals surface area contributed by atoms with E-state index in [2.05, 4.69) is 10.6 Å². The summed E-state index contributed by atoms with van der Waals surface area (Å²) >= 11 is 0. The molecule has 1 aromatic rings. The Kier molecular flexibility index (Phi) is 2.58. The second kappa shape index (κ2) is 4.22. The summed E-state index contributed by atoms with van der Waals surface area (Å²) < 4.78 is 11.0. The minimum Gasteiger partial charge on any atom is -0.486 e. The fraction of sp³-hybridized carbons (Fsp3) is 0.500. The molecule has 0 spiro atoms. The van der Waals surface area contributed by atoms with Crippen LogP contribution in [0, 0.1) is 5.92 Å². The van der Waals surface area contributed by atoms with E-state index in [4.69, 9.17) is 9.47 Å². The van der Waals surface area contributed by atoms with Crippen LogP contribution in [-0.2, 0) is 0 Å². The van der Waals surface area contributed by atoms with Gasteiger partial charge in [-0.1, -0.05) is 0 Å². The van der Waals surface area contributed by atoms with Crippen LogP contribution in [0.25, 0.3) is 0 Å². The van der Waals surface area contributed by atoms with Gasteiger partial charge in [0.25, 0.3) is 0 Å². The second-order valence-electron chi connectivity index (χ2n) is 4.26. The van der Waals surface area contributed by atoms with Crippen LogP contribution >= 0.6 is 0 Å². The van der Waals surface area contributed by atoms with Gasteiger partial charge in [0.2, 0.25) is 0 Å². The lowest BCUT2D eigenvalue weighted by Crippen LogP contribution is -2.45. The van der Waals surface area contributed by atoms with Crippen LogP contribution < -0.4 is 20.1 Å². The highest BCUT2D eigenvalue weighted by Gasteiger charge is 2.16. The van der Waals surface area contributed by atoms with Crippen molar-refractivity contribution in [2.24, 2.45) is 5.92 Å². The molecule has 0 atom stereocenters. The van der Waals surface area contributed by atoms with E-state index in [0.29, 0.717) is 13.2 Å². The van der Waals surface area contributed by atoms with Gasteiger partial charge in [-0.2, -0.15) is 0 Å². The Balaban J connectivity index is 1.65. The van der Waals surface area contributed by atoms with Crippen LogP contribution in [0.1, 0.15) is 0 Å². The quantitative estimate of drug-likeness (QED) is 0.800. The first kappa shape index (κ1) is 9.78. The number of ether oxygens (including phenoxy) is 2. The highest BCUT2D eigenvalue weighted by molar-refractivity contribution is 5.55. The Morgan fingerprint density at radius 2 is 2.00 bits per heavy atom. The summed E-state index contributed by atoms with van der Waals surface area (Å²) in [5.41, 5.74) is 1.11. The molecule has 4 heteroatoms. The van der Waals surface area contributed by atoms with Gasteiger partial charge < -0.3 is 20.1 Å². The lowest BCUT2D eigenvalue weighted by molar-refractivity contribution is 0.171. The van der Waals surface area contributed by atoms with Crippen LogP contribution in [0.5, 0.6) is 11.5 Å². The van der Waals surface area contributed by atoms with Crippen LogP contribution in [-0.4, -0.2) is 32.8 Å². The van der Waals surface area contributed by atoms with E-state index in [-0.39, 0.29) is 0 Å². The molecule has 1 saturated heterocycles. The normalized spacial score (nSPS) is 19.0. The third-order valence-electron chi connectivity index (χ3n) is 3.00. The maximum atomic E-state index is 5.53. The molecular weight excluding hydrogens is 204 g/mol. The van der Waals surface area contributed by atoms with Crippen molar-refractivity contribution in [1.29, 1.82) is 0 Å². The minimum atomic E-state index is 0.642. The van der Waals surface area contributed by atoms with Crippen molar-refractivity contribution in [3.05, 3.63) is 18.2 Å². The molecule has 2 aliphatic heterocycles. The fourth-order valence-electron chi connectivity index (χ4n) is 1.91. The first-order valence-corrected chi connectivity index (χ1v) is 5.76. The zero-order valence-electron chi connectivity index (χ0n) is 9.16. The number of benzene rings is 1. The summed E-state index contributed by atoms with van der Waals surface area (Å²) in [5.74, 6) is 2.46. The monoisotopic (exact) mass is 220 g/mol. The van der Waals surface area contributed by atoms with Gasteiger partial charge >= 0.3 is 0 Å². The van der Waals surface area contributed by atoms with Crippen molar-refractivity contribution in [3.8, 4) is 11.5 Å². The molecule has 0 aliphatic carbocycles. The molecule has 3 rings (SSSR count). The SMILES string of the molecule is c1cc2c(cc1NCC1CNC1)OCCO2. The summed E-state index contributed by atoms with van der Waals surface area (Å²) in [5, 5.41) is 6.68. The molecular formula is C12H16N2O2. The predicted molar refractivity (Wildman–Crippen MR) is 62.3 cm³/mol. The summed E-state index contributed by atoms with van der Waals surface area (Å²) in [6, 6.07) is 6.02. The first-order valence-electron chi connectivity index (χ1n) is 5.76. The maximum absolute atomic E-state index is 5.53. The predicted octanol–water partition coefficient (Wildman–Crippen LogP) is 1.09. The van der Waals surface area contributed by atoms with E-state index in [1.807, 2.05) is 18.2 Å². The second-order valence-corrected chi connectivity index (χ2v) is 4.26. The molecule has 1 aromatic carbocycles. The molecule has 2 heterocycles. The lowest BCUT2D eigenvalue weighted by Gasteiger charge is -2.27. The molecule has 0 unspecified atom stereocenters. The Bertz CT molecular complexity index is 377. The number of fused-ring (bicyclic) bond motifs is 1. The van der Waals surface area contributed by atoms with Gasteiger partial charge in [0.15, 0.2) is 11.5 Å². The summed E-state index contributed by atoms with van der Waals surface area (Å²) in [4.78, 5) is 0. The van der Waals surface area contributed by atoms with Crippen molar-refractivity contribution in [2.75, 3.05) is 38.2 Å². The molecule has 16 heavy (non-hydrogen) atoms. The minimum absolute atomic E-state index is 0.642. The zero-order chi connectivity index (χ0) is 10.8. The third kappa shape index (κ3) is 1.93. The number of hydrogen-bond donors (Lipinski definition) is 2. The van der Waals surface area contributed by atoms with Gasteiger partial charge in [-0.15, -0.1) is 0 Å². The molecule has 0 radical (unpaired) electrons. The van der Waals surface area contributed by atoms with Gasteiger partial charge in [-0.25, -0.2) is 0 Å². The average molecular weight is 220 g/mol. The Labute approximate surface area is 94.9 Å². The molecule has 0 bridgehead atoms. The highest BCUT2D eigenvalue weighted by Crippen LogP contribution is 2.32. The Morgan fingerprint density at radius 1 is 1.19 bits per heavy atom. The maximum Gasteiger partial charge on any atom is 0.163 e. The summed E-state index contributed by atoms with van der Waals surface area (Å²) in [6.07, 6.45) is 0. The van der Waals surface area contributed by atoms with Gasteiger partial charge in [0.1, 0.15) is 13.2 Å². The zero-order valence-corrected chi connectivity index (χ0v) is 9.16. The molecule has 2 N–H and O–H groups in total. The molecule has 2 aliphatic rings. The van der Waals surface area contributed by atoms with E-state index in [1.165, 1.54) is 0 Å². The standard InChI is InChI=1S/C12H16N2O2/c1-2-11-12(16-4-3-15-11)5-10(1)14-8-9-6-13-7-9/h1-2,5,9,13-14H,3-4,6-8H2. The highest BCUT2D eigenvalue weighted by atomic mass is 16.6. The largest absolute Gasteiger partial charge is 0.486 e. The lowest BCUT2D eigenvalue weighted by atomic mass is 10.0. The third-order valence-corrected chi connectivity index (χ3v) is 3.00. The Hall–Kier alpha value is -1.42. The smallest absolute Gasteiger partial charge is 0.163 e. The number of anilines is 1. The molecule has 0 aromatic heterocycles. The van der Waals surface area contributed by atoms with Gasteiger partial charge in [0, 0.05) is 37.3 Å². The number of nitrogens with one attached hydrogen (secondary N) is 2. The van der Waals surface area contributed by atoms with Gasteiger partial charge in [-0.3, -0.25) is 0 Å². The average Bonchev–Trinajstić information content (AvgIpc) is 2.27. The van der Waals surface area contributed by atoms with Crippen molar-refractivity contribution in [2.45, 2.75) is 0 Å². The van der Waals surface area contributed by atoms with Crippen LogP contribution in [0.4, 0.5) is 5.69 Å². The molecule has 0 amide bonds. The van der Waals surface area contributed by atoms with Crippen LogP contribution in [0.15, 0.2) is 18.2 Å². The van der Waals surface area contributed by atoms with E-state index in [9.17, 15) is 0 Å². The molecule has 0 saturated carbocycles. The van der Waals surface area contributed by atoms with E-state index < -0.39 is 0 Å². The van der Waals surface area contributed by atoms with Crippen molar-refractivity contribution < 1.29 is 9.47 Å². The molecule has 1 fully saturated rings. The summed E-state index contributed by atoms with van der Waals surface area (Å²) in [6.45, 7) is 4.55. The van der Waals surface area contributed by atoms with E-state index >= 15 is 0 Å².